The van der Waals surface area contributed by atoms with E-state index < -0.39 is 0 Å². The molecule has 0 aliphatic carbocycles. The first kappa shape index (κ1) is 12.3. The molecular weight excluding hydrogens is 224 g/mol. The highest BCUT2D eigenvalue weighted by Gasteiger charge is 2.07. The van der Waals surface area contributed by atoms with E-state index in [-0.39, 0.29) is 5.78 Å². The van der Waals surface area contributed by atoms with Gasteiger partial charge in [0.1, 0.15) is 0 Å². The van der Waals surface area contributed by atoms with Crippen LogP contribution in [0.1, 0.15) is 15.9 Å². The smallest absolute Gasteiger partial charge is 0.167 e. The molecule has 0 aliphatic heterocycles. The fourth-order valence-electron chi connectivity index (χ4n) is 1.73. The quantitative estimate of drug-likeness (QED) is 0.770. The summed E-state index contributed by atoms with van der Waals surface area (Å²) in [4.78, 5) is 18.0. The third kappa shape index (κ3) is 2.94. The summed E-state index contributed by atoms with van der Waals surface area (Å²) in [5.41, 5.74) is 2.83. The van der Waals surface area contributed by atoms with Gasteiger partial charge in [0, 0.05) is 44.2 Å². The Kier molecular flexibility index (Phi) is 3.72. The lowest BCUT2D eigenvalue weighted by atomic mass is 10.0. The summed E-state index contributed by atoms with van der Waals surface area (Å²) in [6, 6.07) is 11.4. The van der Waals surface area contributed by atoms with Crippen molar-refractivity contribution in [3.63, 3.8) is 0 Å². The molecule has 2 aromatic rings. The number of benzene rings is 1. The Hall–Kier alpha value is -2.16. The average molecular weight is 240 g/mol. The predicted molar refractivity (Wildman–Crippen MR) is 73.0 cm³/mol. The number of ketones is 1. The molecule has 0 radical (unpaired) electrons. The zero-order valence-electron chi connectivity index (χ0n) is 10.6. The molecule has 18 heavy (non-hydrogen) atoms. The summed E-state index contributed by atoms with van der Waals surface area (Å²) in [6.07, 6.45) is 3.83. The van der Waals surface area contributed by atoms with Gasteiger partial charge in [0.05, 0.1) is 0 Å². The molecule has 0 atom stereocenters. The lowest BCUT2D eigenvalue weighted by Gasteiger charge is -2.12. The number of carbonyl (C=O) groups is 1. The second-order valence-corrected chi connectivity index (χ2v) is 4.40. The summed E-state index contributed by atoms with van der Waals surface area (Å²) in [6.45, 7) is 0. The average Bonchev–Trinajstić information content (AvgIpc) is 2.40. The Morgan fingerprint density at radius 1 is 1.06 bits per heavy atom. The maximum absolute atomic E-state index is 12.1. The van der Waals surface area contributed by atoms with Gasteiger partial charge in [-0.15, -0.1) is 0 Å². The molecule has 1 heterocycles. The fraction of sp³-hybridized carbons (Fsp3) is 0.200. The number of Topliss-reactive ketones (excluding diaryl/α,β-unsaturated/α-hetero) is 1. The van der Waals surface area contributed by atoms with Gasteiger partial charge in [0.25, 0.3) is 0 Å². The van der Waals surface area contributed by atoms with Crippen molar-refractivity contribution in [2.24, 2.45) is 0 Å². The van der Waals surface area contributed by atoms with Crippen LogP contribution >= 0.6 is 0 Å². The molecule has 0 saturated carbocycles. The molecule has 2 rings (SSSR count). The lowest BCUT2D eigenvalue weighted by molar-refractivity contribution is 0.0993. The lowest BCUT2D eigenvalue weighted by Crippen LogP contribution is -2.09. The summed E-state index contributed by atoms with van der Waals surface area (Å²) in [5.74, 6) is 0.131. The highest BCUT2D eigenvalue weighted by atomic mass is 16.1. The van der Waals surface area contributed by atoms with Gasteiger partial charge < -0.3 is 4.90 Å². The maximum atomic E-state index is 12.1. The van der Waals surface area contributed by atoms with Gasteiger partial charge in [-0.05, 0) is 42.0 Å². The van der Waals surface area contributed by atoms with E-state index in [0.29, 0.717) is 6.42 Å². The minimum Gasteiger partial charge on any atom is -0.378 e. The number of carbonyl (C=O) groups excluding carboxylic acids is 1. The van der Waals surface area contributed by atoms with Gasteiger partial charge in [-0.3, -0.25) is 9.78 Å². The number of hydrogen-bond acceptors (Lipinski definition) is 3. The minimum atomic E-state index is 0.131. The van der Waals surface area contributed by atoms with Gasteiger partial charge in [-0.1, -0.05) is 0 Å². The Bertz CT molecular complexity index is 518. The molecule has 3 nitrogen and oxygen atoms in total. The first-order valence-corrected chi connectivity index (χ1v) is 5.86. The summed E-state index contributed by atoms with van der Waals surface area (Å²) in [7, 11) is 3.96. The molecule has 92 valence electrons. The maximum Gasteiger partial charge on any atom is 0.167 e. The summed E-state index contributed by atoms with van der Waals surface area (Å²) in [5, 5.41) is 0. The van der Waals surface area contributed by atoms with E-state index in [1.165, 1.54) is 0 Å². The number of hydrogen-bond donors (Lipinski definition) is 0. The van der Waals surface area contributed by atoms with Crippen LogP contribution in [0.25, 0.3) is 0 Å². The summed E-state index contributed by atoms with van der Waals surface area (Å²) < 4.78 is 0. The van der Waals surface area contributed by atoms with Gasteiger partial charge >= 0.3 is 0 Å². The third-order valence-electron chi connectivity index (χ3n) is 2.82. The highest BCUT2D eigenvalue weighted by molar-refractivity contribution is 5.97. The van der Waals surface area contributed by atoms with Crippen LogP contribution in [0.15, 0.2) is 48.8 Å². The second-order valence-electron chi connectivity index (χ2n) is 4.40. The molecule has 0 spiro atoms. The zero-order valence-corrected chi connectivity index (χ0v) is 10.6. The first-order valence-electron chi connectivity index (χ1n) is 5.86. The zero-order chi connectivity index (χ0) is 13.0. The van der Waals surface area contributed by atoms with E-state index in [1.54, 1.807) is 12.4 Å². The van der Waals surface area contributed by atoms with E-state index in [9.17, 15) is 4.79 Å². The van der Waals surface area contributed by atoms with Crippen molar-refractivity contribution in [3.8, 4) is 0 Å². The number of pyridine rings is 1. The predicted octanol–water partition coefficient (Wildman–Crippen LogP) is 2.57. The van der Waals surface area contributed by atoms with E-state index in [4.69, 9.17) is 0 Å². The molecule has 0 saturated heterocycles. The van der Waals surface area contributed by atoms with Crippen molar-refractivity contribution in [1.29, 1.82) is 0 Å². The molecule has 0 fully saturated rings. The topological polar surface area (TPSA) is 33.2 Å². The molecule has 0 bridgehead atoms. The van der Waals surface area contributed by atoms with Crippen molar-refractivity contribution < 1.29 is 4.79 Å². The molecular formula is C15H16N2O. The van der Waals surface area contributed by atoms with Crippen molar-refractivity contribution in [2.75, 3.05) is 19.0 Å². The van der Waals surface area contributed by atoms with Crippen LogP contribution in [0.5, 0.6) is 0 Å². The SMILES string of the molecule is CN(C)c1ccc(C(=O)Cc2ccncc2)cc1. The van der Waals surface area contributed by atoms with E-state index in [1.807, 2.05) is 55.4 Å². The van der Waals surface area contributed by atoms with E-state index in [2.05, 4.69) is 4.98 Å². The summed E-state index contributed by atoms with van der Waals surface area (Å²) >= 11 is 0. The van der Waals surface area contributed by atoms with Crippen molar-refractivity contribution >= 4 is 11.5 Å². The number of aromatic nitrogens is 1. The van der Waals surface area contributed by atoms with Crippen LogP contribution in [-0.4, -0.2) is 24.9 Å². The van der Waals surface area contributed by atoms with Crippen LogP contribution in [0.3, 0.4) is 0 Å². The molecule has 1 aromatic heterocycles. The second kappa shape index (κ2) is 5.45. The van der Waals surface area contributed by atoms with Crippen LogP contribution in [0, 0.1) is 0 Å². The molecule has 1 aromatic carbocycles. The third-order valence-corrected chi connectivity index (χ3v) is 2.82. The van der Waals surface area contributed by atoms with Crippen LogP contribution in [0.2, 0.25) is 0 Å². The van der Waals surface area contributed by atoms with Crippen molar-refractivity contribution in [1.82, 2.24) is 4.98 Å². The van der Waals surface area contributed by atoms with Crippen molar-refractivity contribution in [2.45, 2.75) is 6.42 Å². The molecule has 0 N–H and O–H groups in total. The first-order chi connectivity index (χ1) is 8.66. The van der Waals surface area contributed by atoms with Gasteiger partial charge in [-0.2, -0.15) is 0 Å². The van der Waals surface area contributed by atoms with E-state index >= 15 is 0 Å². The molecule has 0 amide bonds. The Labute approximate surface area is 107 Å². The fourth-order valence-corrected chi connectivity index (χ4v) is 1.73. The van der Waals surface area contributed by atoms with Crippen molar-refractivity contribution in [3.05, 3.63) is 59.9 Å². The highest BCUT2D eigenvalue weighted by Crippen LogP contribution is 2.14. The van der Waals surface area contributed by atoms with Crippen LogP contribution in [-0.2, 0) is 6.42 Å². The van der Waals surface area contributed by atoms with E-state index in [0.717, 1.165) is 16.8 Å². The van der Waals surface area contributed by atoms with Crippen LogP contribution in [0.4, 0.5) is 5.69 Å². The Morgan fingerprint density at radius 2 is 1.67 bits per heavy atom. The Morgan fingerprint density at radius 3 is 2.22 bits per heavy atom. The Balaban J connectivity index is 2.10. The normalized spacial score (nSPS) is 10.1. The number of anilines is 1. The van der Waals surface area contributed by atoms with Gasteiger partial charge in [0.15, 0.2) is 5.78 Å². The molecule has 3 heteroatoms. The molecule has 0 unspecified atom stereocenters. The monoisotopic (exact) mass is 240 g/mol. The minimum absolute atomic E-state index is 0.131. The number of nitrogens with zero attached hydrogens (tertiary/aromatic N) is 2. The van der Waals surface area contributed by atoms with Gasteiger partial charge in [0.2, 0.25) is 0 Å². The largest absolute Gasteiger partial charge is 0.378 e. The number of rotatable bonds is 4. The van der Waals surface area contributed by atoms with Crippen LogP contribution < -0.4 is 4.90 Å². The standard InChI is InChI=1S/C15H16N2O/c1-17(2)14-5-3-13(4-6-14)15(18)11-12-7-9-16-10-8-12/h3-10H,11H2,1-2H3. The van der Waals surface area contributed by atoms with Gasteiger partial charge in [-0.25, -0.2) is 0 Å². The molecule has 0 aliphatic rings.